The van der Waals surface area contributed by atoms with E-state index in [1.165, 1.54) is 42.9 Å². The van der Waals surface area contributed by atoms with Crippen molar-refractivity contribution in [1.29, 1.82) is 0 Å². The van der Waals surface area contributed by atoms with Crippen molar-refractivity contribution in [1.82, 2.24) is 0 Å². The summed E-state index contributed by atoms with van der Waals surface area (Å²) in [7, 11) is 0. The molecule has 0 unspecified atom stereocenters. The fraction of sp³-hybridized carbons (Fsp3) is 0.538. The van der Waals surface area contributed by atoms with Gasteiger partial charge in [0.15, 0.2) is 0 Å². The van der Waals surface area contributed by atoms with Gasteiger partial charge in [0.2, 0.25) is 0 Å². The molecule has 1 nitrogen and oxygen atoms in total. The molecule has 0 atom stereocenters. The van der Waals surface area contributed by atoms with Gasteiger partial charge in [-0.15, -0.1) is 11.8 Å². The number of hydrogen-bond acceptors (Lipinski definition) is 2. The summed E-state index contributed by atoms with van der Waals surface area (Å²) in [6.07, 6.45) is 4.11. The Kier molecular flexibility index (Phi) is 3.95. The van der Waals surface area contributed by atoms with E-state index in [0.29, 0.717) is 0 Å². The highest BCUT2D eigenvalue weighted by molar-refractivity contribution is 7.99. The van der Waals surface area contributed by atoms with Gasteiger partial charge in [-0.1, -0.05) is 6.92 Å². The zero-order valence-electron chi connectivity index (χ0n) is 9.41. The van der Waals surface area contributed by atoms with Crippen molar-refractivity contribution in [3.63, 3.8) is 0 Å². The van der Waals surface area contributed by atoms with Crippen LogP contribution in [0, 0.1) is 0 Å². The second-order valence-electron chi connectivity index (χ2n) is 3.97. The Balaban J connectivity index is 2.02. The van der Waals surface area contributed by atoms with E-state index in [-0.39, 0.29) is 0 Å². The Morgan fingerprint density at radius 3 is 2.33 bits per heavy atom. The third-order valence-corrected chi connectivity index (χ3v) is 3.76. The van der Waals surface area contributed by atoms with Gasteiger partial charge in [-0.3, -0.25) is 0 Å². The van der Waals surface area contributed by atoms with E-state index in [2.05, 4.69) is 36.1 Å². The number of hydrogen-bond donors (Lipinski definition) is 0. The first-order valence-corrected chi connectivity index (χ1v) is 6.86. The van der Waals surface area contributed by atoms with Crippen molar-refractivity contribution in [2.75, 3.05) is 23.7 Å². The van der Waals surface area contributed by atoms with Crippen molar-refractivity contribution in [2.24, 2.45) is 0 Å². The van der Waals surface area contributed by atoms with E-state index in [4.69, 9.17) is 0 Å². The lowest BCUT2D eigenvalue weighted by Gasteiger charge is -2.28. The molecule has 1 fully saturated rings. The quantitative estimate of drug-likeness (QED) is 0.714. The predicted molar refractivity (Wildman–Crippen MR) is 68.9 cm³/mol. The van der Waals surface area contributed by atoms with Crippen LogP contribution in [0.1, 0.15) is 26.2 Å². The Labute approximate surface area is 96.9 Å². The molecule has 2 rings (SSSR count). The molecule has 1 aromatic rings. The van der Waals surface area contributed by atoms with E-state index in [1.54, 1.807) is 0 Å². The summed E-state index contributed by atoms with van der Waals surface area (Å²) in [5.41, 5.74) is 1.40. The lowest BCUT2D eigenvalue weighted by atomic mass is 10.1. The lowest BCUT2D eigenvalue weighted by Crippen LogP contribution is -2.29. The topological polar surface area (TPSA) is 3.24 Å². The molecule has 0 amide bonds. The summed E-state index contributed by atoms with van der Waals surface area (Å²) >= 11 is 1.91. The summed E-state index contributed by atoms with van der Waals surface area (Å²) in [6.45, 7) is 4.67. The monoisotopic (exact) mass is 221 g/mol. The van der Waals surface area contributed by atoms with Gasteiger partial charge in [0, 0.05) is 23.7 Å². The molecule has 1 heterocycles. The summed E-state index contributed by atoms with van der Waals surface area (Å²) in [5.74, 6) is 1.16. The molecule has 0 aliphatic carbocycles. The Morgan fingerprint density at radius 2 is 1.73 bits per heavy atom. The van der Waals surface area contributed by atoms with E-state index in [1.807, 2.05) is 11.8 Å². The van der Waals surface area contributed by atoms with Gasteiger partial charge >= 0.3 is 0 Å². The molecule has 0 bridgehead atoms. The third-order valence-electron chi connectivity index (χ3n) is 2.87. The molecule has 1 aromatic carbocycles. The first kappa shape index (κ1) is 10.9. The molecule has 0 N–H and O–H groups in total. The van der Waals surface area contributed by atoms with Crippen LogP contribution in [0.5, 0.6) is 0 Å². The van der Waals surface area contributed by atoms with E-state index in [0.717, 1.165) is 5.75 Å². The van der Waals surface area contributed by atoms with E-state index >= 15 is 0 Å². The minimum absolute atomic E-state index is 1.16. The molecule has 0 spiro atoms. The minimum atomic E-state index is 1.16. The number of piperidine rings is 1. The molecule has 15 heavy (non-hydrogen) atoms. The molecule has 1 aliphatic rings. The van der Waals surface area contributed by atoms with E-state index in [9.17, 15) is 0 Å². The maximum atomic E-state index is 2.50. The standard InChI is InChI=1S/C13H19NS/c1-2-15-13-8-6-12(7-9-13)14-10-4-3-5-11-14/h6-9H,2-5,10-11H2,1H3. The fourth-order valence-electron chi connectivity index (χ4n) is 2.07. The Bertz CT molecular complexity index is 288. The highest BCUT2D eigenvalue weighted by Crippen LogP contribution is 2.24. The molecule has 0 radical (unpaired) electrons. The van der Waals surface area contributed by atoms with Crippen LogP contribution < -0.4 is 4.90 Å². The van der Waals surface area contributed by atoms with Gasteiger partial charge in [-0.2, -0.15) is 0 Å². The SMILES string of the molecule is CCSc1ccc(N2CCCCC2)cc1. The summed E-state index contributed by atoms with van der Waals surface area (Å²) in [5, 5.41) is 0. The summed E-state index contributed by atoms with van der Waals surface area (Å²) in [4.78, 5) is 3.89. The number of benzene rings is 1. The zero-order valence-corrected chi connectivity index (χ0v) is 10.2. The molecular formula is C13H19NS. The van der Waals surface area contributed by atoms with Crippen LogP contribution >= 0.6 is 11.8 Å². The maximum absolute atomic E-state index is 2.50. The van der Waals surface area contributed by atoms with Gasteiger partial charge in [0.05, 0.1) is 0 Å². The van der Waals surface area contributed by atoms with Gasteiger partial charge in [-0.25, -0.2) is 0 Å². The molecule has 1 saturated heterocycles. The smallest absolute Gasteiger partial charge is 0.0366 e. The van der Waals surface area contributed by atoms with Crippen molar-refractivity contribution in [2.45, 2.75) is 31.1 Å². The lowest BCUT2D eigenvalue weighted by molar-refractivity contribution is 0.578. The van der Waals surface area contributed by atoms with Crippen molar-refractivity contribution >= 4 is 17.4 Å². The molecule has 0 aromatic heterocycles. The largest absolute Gasteiger partial charge is 0.372 e. The van der Waals surface area contributed by atoms with Crippen LogP contribution in [0.4, 0.5) is 5.69 Å². The average molecular weight is 221 g/mol. The molecular weight excluding hydrogens is 202 g/mol. The number of thioether (sulfide) groups is 1. The Morgan fingerprint density at radius 1 is 1.07 bits per heavy atom. The number of nitrogens with zero attached hydrogens (tertiary/aromatic N) is 1. The van der Waals surface area contributed by atoms with Crippen LogP contribution in [0.3, 0.4) is 0 Å². The van der Waals surface area contributed by atoms with Gasteiger partial charge in [0.1, 0.15) is 0 Å². The van der Waals surface area contributed by atoms with Crippen LogP contribution in [0.15, 0.2) is 29.2 Å². The van der Waals surface area contributed by atoms with Gasteiger partial charge in [0.25, 0.3) is 0 Å². The predicted octanol–water partition coefficient (Wildman–Crippen LogP) is 3.79. The summed E-state index contributed by atoms with van der Waals surface area (Å²) in [6, 6.07) is 9.03. The summed E-state index contributed by atoms with van der Waals surface area (Å²) < 4.78 is 0. The highest BCUT2D eigenvalue weighted by atomic mass is 32.2. The zero-order chi connectivity index (χ0) is 10.5. The third kappa shape index (κ3) is 2.91. The first-order chi connectivity index (χ1) is 7.40. The second kappa shape index (κ2) is 5.45. The molecule has 2 heteroatoms. The molecule has 82 valence electrons. The normalized spacial score (nSPS) is 16.7. The second-order valence-corrected chi connectivity index (χ2v) is 5.31. The van der Waals surface area contributed by atoms with Crippen molar-refractivity contribution < 1.29 is 0 Å². The van der Waals surface area contributed by atoms with Crippen LogP contribution in [0.25, 0.3) is 0 Å². The van der Waals surface area contributed by atoms with Crippen molar-refractivity contribution in [3.05, 3.63) is 24.3 Å². The van der Waals surface area contributed by atoms with Crippen LogP contribution in [-0.4, -0.2) is 18.8 Å². The molecule has 0 saturated carbocycles. The van der Waals surface area contributed by atoms with Crippen molar-refractivity contribution in [3.8, 4) is 0 Å². The molecule has 1 aliphatic heterocycles. The van der Waals surface area contributed by atoms with Gasteiger partial charge in [-0.05, 0) is 49.3 Å². The number of anilines is 1. The van der Waals surface area contributed by atoms with Crippen LogP contribution in [0.2, 0.25) is 0 Å². The van der Waals surface area contributed by atoms with E-state index < -0.39 is 0 Å². The highest BCUT2D eigenvalue weighted by Gasteiger charge is 2.10. The van der Waals surface area contributed by atoms with Crippen LogP contribution in [-0.2, 0) is 0 Å². The first-order valence-electron chi connectivity index (χ1n) is 5.88. The van der Waals surface area contributed by atoms with Gasteiger partial charge < -0.3 is 4.90 Å². The fourth-order valence-corrected chi connectivity index (χ4v) is 2.73. The maximum Gasteiger partial charge on any atom is 0.0366 e. The average Bonchev–Trinajstić information content (AvgIpc) is 2.32. The Hall–Kier alpha value is -0.630. The minimum Gasteiger partial charge on any atom is -0.372 e. The number of rotatable bonds is 3.